The molecule has 5 aromatic rings. The third-order valence-electron chi connectivity index (χ3n) is 6.30. The van der Waals surface area contributed by atoms with Crippen molar-refractivity contribution in [1.82, 2.24) is 19.9 Å². The second kappa shape index (κ2) is 12.0. The van der Waals surface area contributed by atoms with E-state index in [4.69, 9.17) is 15.6 Å². The Morgan fingerprint density at radius 1 is 1.00 bits per heavy atom. The molecule has 0 spiro atoms. The Morgan fingerprint density at radius 3 is 2.52 bits per heavy atom. The predicted octanol–water partition coefficient (Wildman–Crippen LogP) is 3.80. The largest absolute Gasteiger partial charge is 0.364 e. The van der Waals surface area contributed by atoms with Crippen LogP contribution >= 0.6 is 0 Å². The van der Waals surface area contributed by atoms with E-state index in [0.29, 0.717) is 47.1 Å². The van der Waals surface area contributed by atoms with E-state index in [0.717, 1.165) is 11.1 Å². The molecule has 0 fully saturated rings. The first-order valence-electron chi connectivity index (χ1n) is 12.7. The van der Waals surface area contributed by atoms with Crippen LogP contribution in [-0.2, 0) is 17.8 Å². The SMILES string of the molecule is N#CCCNc1nonc1-c1nc2ccccc2n1CC(=O)c1ccc(NC(=O)[C@@H](N)Cc2ccccc2)cc1. The molecular weight excluding hydrogens is 508 g/mol. The highest BCUT2D eigenvalue weighted by Gasteiger charge is 2.22. The van der Waals surface area contributed by atoms with Gasteiger partial charge in [0.1, 0.15) is 0 Å². The summed E-state index contributed by atoms with van der Waals surface area (Å²) in [5.41, 5.74) is 9.83. The molecule has 0 bridgehead atoms. The summed E-state index contributed by atoms with van der Waals surface area (Å²) in [6.07, 6.45) is 0.692. The first kappa shape index (κ1) is 26.3. The van der Waals surface area contributed by atoms with Gasteiger partial charge in [0, 0.05) is 17.8 Å². The molecule has 1 atom stereocenters. The van der Waals surface area contributed by atoms with Crippen molar-refractivity contribution in [3.63, 3.8) is 0 Å². The molecule has 0 aliphatic rings. The highest BCUT2D eigenvalue weighted by Crippen LogP contribution is 2.28. The standard InChI is InChI=1S/C29H26N8O3/c30-15-6-16-32-27-26(35-40-36-27)28-34-23-9-4-5-10-24(23)37(28)18-25(38)20-11-13-21(14-12-20)33-29(39)22(31)17-19-7-2-1-3-8-19/h1-5,7-14,22H,6,16-18,31H2,(H,32,36)(H,33,39)/t22-/m0/s1. The number of hydrogen-bond donors (Lipinski definition) is 3. The van der Waals surface area contributed by atoms with Gasteiger partial charge in [-0.3, -0.25) is 9.59 Å². The molecule has 4 N–H and O–H groups in total. The molecule has 2 aromatic heterocycles. The molecule has 3 aromatic carbocycles. The van der Waals surface area contributed by atoms with E-state index in [1.54, 1.807) is 28.8 Å². The van der Waals surface area contributed by atoms with Gasteiger partial charge in [-0.25, -0.2) is 9.61 Å². The number of nitriles is 1. The number of para-hydroxylation sites is 2. The van der Waals surface area contributed by atoms with Gasteiger partial charge in [-0.1, -0.05) is 42.5 Å². The summed E-state index contributed by atoms with van der Waals surface area (Å²) in [5, 5.41) is 22.6. The summed E-state index contributed by atoms with van der Waals surface area (Å²) in [6.45, 7) is 0.338. The molecule has 40 heavy (non-hydrogen) atoms. The number of imidazole rings is 1. The molecule has 0 unspecified atom stereocenters. The highest BCUT2D eigenvalue weighted by atomic mass is 16.6. The van der Waals surface area contributed by atoms with Crippen LogP contribution in [0.4, 0.5) is 11.5 Å². The van der Waals surface area contributed by atoms with Gasteiger partial charge < -0.3 is 20.9 Å². The van der Waals surface area contributed by atoms with Crippen LogP contribution in [0.2, 0.25) is 0 Å². The quantitative estimate of drug-likeness (QED) is 0.169. The van der Waals surface area contributed by atoms with Crippen molar-refractivity contribution < 1.29 is 14.2 Å². The Morgan fingerprint density at radius 2 is 1.75 bits per heavy atom. The van der Waals surface area contributed by atoms with Crippen LogP contribution in [0.15, 0.2) is 83.5 Å². The number of amides is 1. The zero-order valence-electron chi connectivity index (χ0n) is 21.4. The van der Waals surface area contributed by atoms with Crippen molar-refractivity contribution in [2.45, 2.75) is 25.4 Å². The van der Waals surface area contributed by atoms with E-state index in [2.05, 4.69) is 32.0 Å². The maximum Gasteiger partial charge on any atom is 0.241 e. The number of carbonyl (C=O) groups excluding carboxylic acids is 2. The topological polar surface area (TPSA) is 165 Å². The van der Waals surface area contributed by atoms with Gasteiger partial charge in [0.2, 0.25) is 11.7 Å². The molecule has 0 radical (unpaired) electrons. The van der Waals surface area contributed by atoms with Gasteiger partial charge in [-0.2, -0.15) is 5.26 Å². The number of rotatable bonds is 11. The average Bonchev–Trinajstić information content (AvgIpc) is 3.58. The van der Waals surface area contributed by atoms with E-state index < -0.39 is 6.04 Å². The molecule has 11 nitrogen and oxygen atoms in total. The molecule has 5 rings (SSSR count). The lowest BCUT2D eigenvalue weighted by atomic mass is 10.1. The van der Waals surface area contributed by atoms with Gasteiger partial charge in [0.05, 0.1) is 36.1 Å². The molecule has 0 aliphatic carbocycles. The van der Waals surface area contributed by atoms with Crippen molar-refractivity contribution in [2.24, 2.45) is 5.73 Å². The van der Waals surface area contributed by atoms with Crippen LogP contribution in [0.1, 0.15) is 22.3 Å². The Kier molecular flexibility index (Phi) is 7.89. The van der Waals surface area contributed by atoms with E-state index in [1.165, 1.54) is 0 Å². The molecule has 1 amide bonds. The normalized spacial score (nSPS) is 11.6. The highest BCUT2D eigenvalue weighted by molar-refractivity contribution is 5.99. The second-order valence-corrected chi connectivity index (χ2v) is 9.09. The summed E-state index contributed by atoms with van der Waals surface area (Å²) < 4.78 is 6.69. The Bertz CT molecular complexity index is 1670. The van der Waals surface area contributed by atoms with Crippen molar-refractivity contribution in [3.8, 4) is 17.6 Å². The van der Waals surface area contributed by atoms with E-state index in [9.17, 15) is 9.59 Å². The van der Waals surface area contributed by atoms with Crippen molar-refractivity contribution in [1.29, 1.82) is 5.26 Å². The second-order valence-electron chi connectivity index (χ2n) is 9.09. The van der Waals surface area contributed by atoms with Crippen molar-refractivity contribution >= 4 is 34.2 Å². The first-order valence-corrected chi connectivity index (χ1v) is 12.7. The third-order valence-corrected chi connectivity index (χ3v) is 6.30. The zero-order chi connectivity index (χ0) is 27.9. The summed E-state index contributed by atoms with van der Waals surface area (Å²) in [6, 6.07) is 25.0. The van der Waals surface area contributed by atoms with Gasteiger partial charge in [0.15, 0.2) is 17.3 Å². The van der Waals surface area contributed by atoms with Crippen LogP contribution in [0.3, 0.4) is 0 Å². The third kappa shape index (κ3) is 5.87. The lowest BCUT2D eigenvalue weighted by molar-refractivity contribution is -0.117. The van der Waals surface area contributed by atoms with Crippen molar-refractivity contribution in [3.05, 3.63) is 90.0 Å². The minimum Gasteiger partial charge on any atom is -0.364 e. The number of nitrogens with zero attached hydrogens (tertiary/aromatic N) is 5. The minimum absolute atomic E-state index is 0.0198. The van der Waals surface area contributed by atoms with Crippen LogP contribution in [0.25, 0.3) is 22.6 Å². The van der Waals surface area contributed by atoms with Crippen LogP contribution in [0.5, 0.6) is 0 Å². The van der Waals surface area contributed by atoms with Gasteiger partial charge in [0.25, 0.3) is 0 Å². The van der Waals surface area contributed by atoms with E-state index >= 15 is 0 Å². The Labute approximate surface area is 229 Å². The molecule has 0 saturated carbocycles. The Hall–Kier alpha value is -5.34. The average molecular weight is 535 g/mol. The summed E-state index contributed by atoms with van der Waals surface area (Å²) in [4.78, 5) is 30.6. The Balaban J connectivity index is 1.31. The number of aromatic nitrogens is 4. The number of ketones is 1. The number of nitrogens with two attached hydrogens (primary N) is 1. The molecular formula is C29H26N8O3. The molecule has 2 heterocycles. The maximum absolute atomic E-state index is 13.4. The fraction of sp³-hybridized carbons (Fsp3) is 0.172. The van der Waals surface area contributed by atoms with Crippen molar-refractivity contribution in [2.75, 3.05) is 17.2 Å². The number of fused-ring (bicyclic) bond motifs is 1. The molecule has 200 valence electrons. The maximum atomic E-state index is 13.4. The lowest BCUT2D eigenvalue weighted by Crippen LogP contribution is -2.37. The fourth-order valence-electron chi connectivity index (χ4n) is 4.27. The molecule has 0 aliphatic heterocycles. The smallest absolute Gasteiger partial charge is 0.241 e. The van der Waals surface area contributed by atoms with E-state index in [1.807, 2.05) is 54.6 Å². The van der Waals surface area contributed by atoms with Crippen LogP contribution in [-0.4, -0.2) is 44.1 Å². The fourth-order valence-corrected chi connectivity index (χ4v) is 4.27. The number of carbonyl (C=O) groups is 2. The number of nitrogens with one attached hydrogen (secondary N) is 2. The number of Topliss-reactive ketones (excluding diaryl/α,β-unsaturated/α-hetero) is 1. The predicted molar refractivity (Wildman–Crippen MR) is 149 cm³/mol. The number of benzene rings is 3. The van der Waals surface area contributed by atoms with Crippen LogP contribution < -0.4 is 16.4 Å². The minimum atomic E-state index is -0.707. The van der Waals surface area contributed by atoms with Gasteiger partial charge in [-0.05, 0) is 58.7 Å². The molecule has 11 heteroatoms. The zero-order valence-corrected chi connectivity index (χ0v) is 21.4. The summed E-state index contributed by atoms with van der Waals surface area (Å²) in [7, 11) is 0. The summed E-state index contributed by atoms with van der Waals surface area (Å²) in [5.74, 6) is 0.271. The lowest BCUT2D eigenvalue weighted by Gasteiger charge is -2.13. The van der Waals surface area contributed by atoms with Gasteiger partial charge in [-0.15, -0.1) is 0 Å². The van der Waals surface area contributed by atoms with Gasteiger partial charge >= 0.3 is 0 Å². The molecule has 0 saturated heterocycles. The first-order chi connectivity index (χ1) is 19.5. The summed E-state index contributed by atoms with van der Waals surface area (Å²) >= 11 is 0. The number of hydrogen-bond acceptors (Lipinski definition) is 9. The van der Waals surface area contributed by atoms with Crippen LogP contribution in [0, 0.1) is 11.3 Å². The number of anilines is 2. The van der Waals surface area contributed by atoms with E-state index in [-0.39, 0.29) is 24.7 Å². The monoisotopic (exact) mass is 534 g/mol.